The summed E-state index contributed by atoms with van der Waals surface area (Å²) in [5.74, 6) is -0.517. The van der Waals surface area contributed by atoms with Gasteiger partial charge >= 0.3 is 0 Å². The van der Waals surface area contributed by atoms with Crippen LogP contribution in [0.25, 0.3) is 0 Å². The molecule has 12 heteroatoms. The van der Waals surface area contributed by atoms with Crippen LogP contribution in [0.3, 0.4) is 0 Å². The molecule has 214 valence electrons. The molecule has 0 spiro atoms. The van der Waals surface area contributed by atoms with Gasteiger partial charge in [-0.25, -0.2) is 8.42 Å². The van der Waals surface area contributed by atoms with Crippen LogP contribution in [0.2, 0.25) is 0 Å². The Balaban J connectivity index is 1.76. The van der Waals surface area contributed by atoms with Gasteiger partial charge in [0.25, 0.3) is 16.0 Å². The largest absolute Gasteiger partial charge is 0.485 e. The van der Waals surface area contributed by atoms with Gasteiger partial charge in [0.15, 0.2) is 18.3 Å². The summed E-state index contributed by atoms with van der Waals surface area (Å²) in [6, 6.07) is 18.9. The third-order valence-corrected chi connectivity index (χ3v) is 8.68. The number of amides is 1. The van der Waals surface area contributed by atoms with E-state index in [1.807, 2.05) is 30.3 Å². The third-order valence-electron chi connectivity index (χ3n) is 6.27. The average molecular weight is 590 g/mol. The molecule has 1 N–H and O–H groups in total. The van der Waals surface area contributed by atoms with Crippen LogP contribution in [0.5, 0.6) is 11.5 Å². The summed E-state index contributed by atoms with van der Waals surface area (Å²) in [6.45, 7) is -0.0619. The van der Waals surface area contributed by atoms with Crippen molar-refractivity contribution in [3.05, 3.63) is 83.9 Å². The van der Waals surface area contributed by atoms with Crippen LogP contribution in [-0.4, -0.2) is 55.0 Å². The molecule has 0 radical (unpaired) electrons. The molecule has 1 aliphatic rings. The predicted octanol–water partition coefficient (Wildman–Crippen LogP) is 3.71. The van der Waals surface area contributed by atoms with Gasteiger partial charge in [0, 0.05) is 13.2 Å². The summed E-state index contributed by atoms with van der Waals surface area (Å²) in [4.78, 5) is 13.3. The quantitative estimate of drug-likeness (QED) is 0.248. The van der Waals surface area contributed by atoms with Crippen molar-refractivity contribution >= 4 is 25.9 Å². The van der Waals surface area contributed by atoms with Gasteiger partial charge in [-0.3, -0.25) is 8.98 Å². The van der Waals surface area contributed by atoms with Crippen LogP contribution in [0, 0.1) is 0 Å². The van der Waals surface area contributed by atoms with Crippen LogP contribution in [-0.2, 0) is 35.5 Å². The summed E-state index contributed by atoms with van der Waals surface area (Å²) in [6.07, 6.45) is 1.72. The maximum absolute atomic E-state index is 13.8. The Bertz CT molecular complexity index is 1530. The van der Waals surface area contributed by atoms with Crippen LogP contribution < -0.4 is 14.8 Å². The molecule has 0 bridgehead atoms. The van der Waals surface area contributed by atoms with Crippen LogP contribution in [0.1, 0.15) is 35.2 Å². The summed E-state index contributed by atoms with van der Waals surface area (Å²) in [5.41, 5.74) is 0.652. The second-order valence-electron chi connectivity index (χ2n) is 9.29. The highest BCUT2D eigenvalue weighted by atomic mass is 32.2. The summed E-state index contributed by atoms with van der Waals surface area (Å²) in [5, 5.41) is 2.77. The van der Waals surface area contributed by atoms with Crippen molar-refractivity contribution in [3.63, 3.8) is 0 Å². The number of rotatable bonds is 12. The van der Waals surface area contributed by atoms with Gasteiger partial charge in [0.05, 0.1) is 33.8 Å². The molecule has 0 aliphatic heterocycles. The molecule has 3 aromatic carbocycles. The number of carbonyl (C=O) groups is 1. The molecule has 0 unspecified atom stereocenters. The molecule has 1 saturated carbocycles. The van der Waals surface area contributed by atoms with Crippen molar-refractivity contribution < 1.29 is 40.0 Å². The highest BCUT2D eigenvalue weighted by molar-refractivity contribution is 7.91. The maximum Gasteiger partial charge on any atom is 0.264 e. The molecule has 0 saturated heterocycles. The molecular formula is C28H31NO9S2. The number of hydrogen-bond donors (Lipinski definition) is 1. The maximum atomic E-state index is 13.8. The van der Waals surface area contributed by atoms with Crippen LogP contribution >= 0.6 is 0 Å². The van der Waals surface area contributed by atoms with E-state index in [1.165, 1.54) is 31.4 Å². The molecule has 1 amide bonds. The van der Waals surface area contributed by atoms with E-state index in [0.29, 0.717) is 19.3 Å². The van der Waals surface area contributed by atoms with Crippen molar-refractivity contribution in [2.45, 2.75) is 47.8 Å². The van der Waals surface area contributed by atoms with E-state index in [4.69, 9.17) is 18.4 Å². The standard InChI is InChI=1S/C28H31NO9S2/c1-35-19-37-25-16-22(28(30)29-23-14-9-15-24(23)38-39(2,31)32)27(40(33,34)21-12-7-4-8-13-21)17-26(25)36-18-20-10-5-3-6-11-20/h3-8,10-13,16-17,23-24H,9,14-15,18-19H2,1-2H3,(H,29,30)/t23-,24-/m1/s1. The third kappa shape index (κ3) is 7.39. The number of carbonyl (C=O) groups excluding carboxylic acids is 1. The molecule has 40 heavy (non-hydrogen) atoms. The second-order valence-corrected chi connectivity index (χ2v) is 12.8. The highest BCUT2D eigenvalue weighted by Crippen LogP contribution is 2.37. The van der Waals surface area contributed by atoms with E-state index in [1.54, 1.807) is 18.2 Å². The normalized spacial score (nSPS) is 17.4. The Morgan fingerprint density at radius 2 is 1.55 bits per heavy atom. The van der Waals surface area contributed by atoms with Gasteiger partial charge in [-0.2, -0.15) is 8.42 Å². The van der Waals surface area contributed by atoms with Gasteiger partial charge in [-0.1, -0.05) is 48.5 Å². The Hall–Kier alpha value is -3.45. The summed E-state index contributed by atoms with van der Waals surface area (Å²) >= 11 is 0. The molecule has 0 heterocycles. The molecule has 4 rings (SSSR count). The first-order chi connectivity index (χ1) is 19.1. The summed E-state index contributed by atoms with van der Waals surface area (Å²) < 4.78 is 72.9. The lowest BCUT2D eigenvalue weighted by Crippen LogP contribution is -2.42. The first-order valence-corrected chi connectivity index (χ1v) is 15.8. The molecule has 2 atom stereocenters. The Morgan fingerprint density at radius 3 is 2.20 bits per heavy atom. The molecule has 1 fully saturated rings. The number of sulfone groups is 1. The minimum absolute atomic E-state index is 0.0113. The number of methoxy groups -OCH3 is 1. The van der Waals surface area contributed by atoms with Crippen molar-refractivity contribution in [3.8, 4) is 11.5 Å². The molecular weight excluding hydrogens is 558 g/mol. The lowest BCUT2D eigenvalue weighted by atomic mass is 10.1. The smallest absolute Gasteiger partial charge is 0.264 e. The first kappa shape index (κ1) is 29.5. The van der Waals surface area contributed by atoms with Crippen molar-refractivity contribution in [2.75, 3.05) is 20.2 Å². The molecule has 0 aromatic heterocycles. The van der Waals surface area contributed by atoms with Gasteiger partial charge in [0.2, 0.25) is 9.84 Å². The van der Waals surface area contributed by atoms with E-state index < -0.39 is 38.0 Å². The zero-order chi connectivity index (χ0) is 28.8. The Labute approximate surface area is 234 Å². The Kier molecular flexibility index (Phi) is 9.46. The lowest BCUT2D eigenvalue weighted by molar-refractivity contribution is 0.0482. The van der Waals surface area contributed by atoms with E-state index in [9.17, 15) is 21.6 Å². The fraction of sp³-hybridized carbons (Fsp3) is 0.321. The fourth-order valence-corrected chi connectivity index (χ4v) is 6.58. The second kappa shape index (κ2) is 12.8. The summed E-state index contributed by atoms with van der Waals surface area (Å²) in [7, 11) is -6.52. The average Bonchev–Trinajstić information content (AvgIpc) is 3.36. The van der Waals surface area contributed by atoms with E-state index in [0.717, 1.165) is 11.8 Å². The molecule has 10 nitrogen and oxygen atoms in total. The first-order valence-electron chi connectivity index (χ1n) is 12.5. The van der Waals surface area contributed by atoms with E-state index >= 15 is 0 Å². The molecule has 1 aliphatic carbocycles. The number of hydrogen-bond acceptors (Lipinski definition) is 9. The van der Waals surface area contributed by atoms with Crippen LogP contribution in [0.4, 0.5) is 0 Å². The number of ether oxygens (including phenoxy) is 3. The van der Waals surface area contributed by atoms with E-state index in [2.05, 4.69) is 5.32 Å². The zero-order valence-electron chi connectivity index (χ0n) is 22.1. The lowest BCUT2D eigenvalue weighted by Gasteiger charge is -2.22. The van der Waals surface area contributed by atoms with Gasteiger partial charge < -0.3 is 19.5 Å². The minimum atomic E-state index is -4.19. The monoisotopic (exact) mass is 589 g/mol. The van der Waals surface area contributed by atoms with Gasteiger partial charge in [-0.15, -0.1) is 0 Å². The Morgan fingerprint density at radius 1 is 0.900 bits per heavy atom. The predicted molar refractivity (Wildman–Crippen MR) is 146 cm³/mol. The number of benzene rings is 3. The fourth-order valence-electron chi connectivity index (χ4n) is 4.43. The SMILES string of the molecule is COCOc1cc(C(=O)N[C@@H]2CCC[C@H]2OS(C)(=O)=O)c(S(=O)(=O)c2ccccc2)cc1OCc1ccccc1. The topological polar surface area (TPSA) is 134 Å². The number of nitrogens with one attached hydrogen (secondary N) is 1. The zero-order valence-corrected chi connectivity index (χ0v) is 23.7. The van der Waals surface area contributed by atoms with Crippen LogP contribution in [0.15, 0.2) is 82.6 Å². The van der Waals surface area contributed by atoms with Crippen molar-refractivity contribution in [2.24, 2.45) is 0 Å². The van der Waals surface area contributed by atoms with Gasteiger partial charge in [-0.05, 0) is 43.0 Å². The molecule has 3 aromatic rings. The minimum Gasteiger partial charge on any atom is -0.485 e. The van der Waals surface area contributed by atoms with Crippen molar-refractivity contribution in [1.29, 1.82) is 0 Å². The highest BCUT2D eigenvalue weighted by Gasteiger charge is 2.34. The van der Waals surface area contributed by atoms with Gasteiger partial charge in [0.1, 0.15) is 6.61 Å². The van der Waals surface area contributed by atoms with Crippen molar-refractivity contribution in [1.82, 2.24) is 5.32 Å². The van der Waals surface area contributed by atoms with E-state index in [-0.39, 0.29) is 40.3 Å².